The molecule has 0 amide bonds. The van der Waals surface area contributed by atoms with Crippen LogP contribution >= 0.6 is 11.3 Å². The van der Waals surface area contributed by atoms with Gasteiger partial charge in [0.05, 0.1) is 0 Å². The van der Waals surface area contributed by atoms with Crippen LogP contribution in [0.4, 0.5) is 0 Å². The fourth-order valence-electron chi connectivity index (χ4n) is 1.85. The molecule has 0 aromatic carbocycles. The first-order valence-electron chi connectivity index (χ1n) is 6.75. The van der Waals surface area contributed by atoms with Crippen LogP contribution in [0.15, 0.2) is 12.1 Å². The minimum Gasteiger partial charge on any atom is -0.316 e. The SMILES string of the molecule is CCc1ccc(C(C)(C)CCNCC(C)C)s1. The molecule has 0 bridgehead atoms. The smallest absolute Gasteiger partial charge is 0.0105 e. The molecule has 0 saturated carbocycles. The third-order valence-electron chi connectivity index (χ3n) is 3.16. The van der Waals surface area contributed by atoms with Crippen LogP contribution in [0.1, 0.15) is 50.8 Å². The van der Waals surface area contributed by atoms with Crippen LogP contribution in [0, 0.1) is 5.92 Å². The standard InChI is InChI=1S/C15H27NS/c1-6-13-7-8-14(17-13)15(4,5)9-10-16-11-12(2)3/h7-8,12,16H,6,9-11H2,1-5H3. The molecule has 0 spiro atoms. The van der Waals surface area contributed by atoms with Crippen LogP contribution in [0.5, 0.6) is 0 Å². The Morgan fingerprint density at radius 1 is 1.29 bits per heavy atom. The van der Waals surface area contributed by atoms with Crippen LogP contribution in [0.3, 0.4) is 0 Å². The molecular formula is C15H27NS. The molecule has 0 unspecified atom stereocenters. The van der Waals surface area contributed by atoms with E-state index in [1.54, 1.807) is 0 Å². The Balaban J connectivity index is 2.44. The summed E-state index contributed by atoms with van der Waals surface area (Å²) in [6, 6.07) is 4.59. The van der Waals surface area contributed by atoms with Crippen molar-refractivity contribution in [2.24, 2.45) is 5.92 Å². The molecule has 1 nitrogen and oxygen atoms in total. The summed E-state index contributed by atoms with van der Waals surface area (Å²) in [6.07, 6.45) is 2.37. The predicted molar refractivity (Wildman–Crippen MR) is 79.0 cm³/mol. The van der Waals surface area contributed by atoms with Gasteiger partial charge in [0.1, 0.15) is 0 Å². The first-order valence-corrected chi connectivity index (χ1v) is 7.57. The summed E-state index contributed by atoms with van der Waals surface area (Å²) in [7, 11) is 0. The monoisotopic (exact) mass is 253 g/mol. The highest BCUT2D eigenvalue weighted by atomic mass is 32.1. The molecule has 0 aliphatic rings. The van der Waals surface area contributed by atoms with E-state index in [2.05, 4.69) is 52.1 Å². The lowest BCUT2D eigenvalue weighted by Gasteiger charge is -2.23. The Bertz CT molecular complexity index is 325. The van der Waals surface area contributed by atoms with E-state index >= 15 is 0 Å². The fraction of sp³-hybridized carbons (Fsp3) is 0.733. The zero-order valence-corrected chi connectivity index (χ0v) is 12.8. The number of rotatable bonds is 7. The number of hydrogen-bond acceptors (Lipinski definition) is 2. The van der Waals surface area contributed by atoms with Crippen molar-refractivity contribution in [3.63, 3.8) is 0 Å². The minimum atomic E-state index is 0.308. The maximum atomic E-state index is 3.54. The fourth-order valence-corrected chi connectivity index (χ4v) is 2.92. The molecule has 1 N–H and O–H groups in total. The third-order valence-corrected chi connectivity index (χ3v) is 4.75. The summed E-state index contributed by atoms with van der Waals surface area (Å²) in [5.41, 5.74) is 0.308. The van der Waals surface area contributed by atoms with Crippen LogP contribution in [-0.4, -0.2) is 13.1 Å². The second kappa shape index (κ2) is 6.55. The van der Waals surface area contributed by atoms with E-state index in [9.17, 15) is 0 Å². The second-order valence-corrected chi connectivity index (χ2v) is 7.02. The van der Waals surface area contributed by atoms with E-state index in [0.717, 1.165) is 25.4 Å². The van der Waals surface area contributed by atoms with Crippen molar-refractivity contribution in [2.45, 2.75) is 52.9 Å². The molecule has 0 aliphatic carbocycles. The van der Waals surface area contributed by atoms with Gasteiger partial charge < -0.3 is 5.32 Å². The molecule has 2 heteroatoms. The summed E-state index contributed by atoms with van der Waals surface area (Å²) in [5, 5.41) is 3.54. The molecule has 0 aliphatic heterocycles. The molecule has 0 atom stereocenters. The van der Waals surface area contributed by atoms with Gasteiger partial charge in [-0.15, -0.1) is 11.3 Å². The van der Waals surface area contributed by atoms with Crippen molar-refractivity contribution in [2.75, 3.05) is 13.1 Å². The zero-order chi connectivity index (χ0) is 12.9. The maximum absolute atomic E-state index is 3.54. The number of aryl methyl sites for hydroxylation is 1. The minimum absolute atomic E-state index is 0.308. The second-order valence-electron chi connectivity index (χ2n) is 5.85. The van der Waals surface area contributed by atoms with Crippen molar-refractivity contribution in [1.82, 2.24) is 5.32 Å². The van der Waals surface area contributed by atoms with Gasteiger partial charge in [0.2, 0.25) is 0 Å². The maximum Gasteiger partial charge on any atom is 0.0105 e. The Labute approximate surface area is 111 Å². The highest BCUT2D eigenvalue weighted by molar-refractivity contribution is 7.12. The van der Waals surface area contributed by atoms with Crippen LogP contribution in [-0.2, 0) is 11.8 Å². The summed E-state index contributed by atoms with van der Waals surface area (Å²) in [6.45, 7) is 13.7. The highest BCUT2D eigenvalue weighted by Gasteiger charge is 2.21. The zero-order valence-electron chi connectivity index (χ0n) is 12.0. The van der Waals surface area contributed by atoms with E-state index in [1.807, 2.05) is 11.3 Å². The van der Waals surface area contributed by atoms with Crippen LogP contribution < -0.4 is 5.32 Å². The quantitative estimate of drug-likeness (QED) is 0.717. The van der Waals surface area contributed by atoms with Gasteiger partial charge in [0, 0.05) is 15.2 Å². The van der Waals surface area contributed by atoms with E-state index in [4.69, 9.17) is 0 Å². The van der Waals surface area contributed by atoms with E-state index < -0.39 is 0 Å². The lowest BCUT2D eigenvalue weighted by molar-refractivity contribution is 0.448. The molecule has 0 fully saturated rings. The molecule has 1 rings (SSSR count). The Kier molecular flexibility index (Phi) is 5.68. The molecule has 17 heavy (non-hydrogen) atoms. The summed E-state index contributed by atoms with van der Waals surface area (Å²) in [4.78, 5) is 3.03. The molecule has 0 saturated heterocycles. The number of nitrogens with one attached hydrogen (secondary N) is 1. The first kappa shape index (κ1) is 14.7. The van der Waals surface area contributed by atoms with Gasteiger partial charge in [-0.05, 0) is 44.0 Å². The van der Waals surface area contributed by atoms with Gasteiger partial charge in [0.25, 0.3) is 0 Å². The molecule has 1 heterocycles. The van der Waals surface area contributed by atoms with Crippen LogP contribution in [0.2, 0.25) is 0 Å². The molecule has 0 radical (unpaired) electrons. The van der Waals surface area contributed by atoms with Gasteiger partial charge in [-0.25, -0.2) is 0 Å². The Hall–Kier alpha value is -0.340. The molecule has 98 valence electrons. The summed E-state index contributed by atoms with van der Waals surface area (Å²) in [5.74, 6) is 0.742. The average Bonchev–Trinajstić information content (AvgIpc) is 2.73. The van der Waals surface area contributed by atoms with Crippen molar-refractivity contribution >= 4 is 11.3 Å². The first-order chi connectivity index (χ1) is 7.95. The predicted octanol–water partition coefficient (Wildman–Crippen LogP) is 4.22. The van der Waals surface area contributed by atoms with Crippen molar-refractivity contribution in [1.29, 1.82) is 0 Å². The topological polar surface area (TPSA) is 12.0 Å². The molecular weight excluding hydrogens is 226 g/mol. The Morgan fingerprint density at radius 2 is 2.00 bits per heavy atom. The average molecular weight is 253 g/mol. The van der Waals surface area contributed by atoms with E-state index in [1.165, 1.54) is 16.2 Å². The summed E-state index contributed by atoms with van der Waals surface area (Å²) >= 11 is 1.98. The molecule has 1 aromatic rings. The van der Waals surface area contributed by atoms with Gasteiger partial charge >= 0.3 is 0 Å². The van der Waals surface area contributed by atoms with Gasteiger partial charge in [0.15, 0.2) is 0 Å². The van der Waals surface area contributed by atoms with Gasteiger partial charge in [-0.3, -0.25) is 0 Å². The number of hydrogen-bond donors (Lipinski definition) is 1. The lowest BCUT2D eigenvalue weighted by Crippen LogP contribution is -2.27. The largest absolute Gasteiger partial charge is 0.316 e. The van der Waals surface area contributed by atoms with Crippen molar-refractivity contribution in [3.05, 3.63) is 21.9 Å². The number of thiophene rings is 1. The van der Waals surface area contributed by atoms with E-state index in [0.29, 0.717) is 5.41 Å². The van der Waals surface area contributed by atoms with Crippen molar-refractivity contribution < 1.29 is 0 Å². The van der Waals surface area contributed by atoms with Crippen LogP contribution in [0.25, 0.3) is 0 Å². The highest BCUT2D eigenvalue weighted by Crippen LogP contribution is 2.32. The normalized spacial score (nSPS) is 12.4. The Morgan fingerprint density at radius 3 is 2.53 bits per heavy atom. The van der Waals surface area contributed by atoms with Gasteiger partial charge in [-0.2, -0.15) is 0 Å². The third kappa shape index (κ3) is 4.81. The van der Waals surface area contributed by atoms with Gasteiger partial charge in [-0.1, -0.05) is 34.6 Å². The van der Waals surface area contributed by atoms with Crippen molar-refractivity contribution in [3.8, 4) is 0 Å². The summed E-state index contributed by atoms with van der Waals surface area (Å²) < 4.78 is 0. The van der Waals surface area contributed by atoms with E-state index in [-0.39, 0.29) is 0 Å². The molecule has 1 aromatic heterocycles. The lowest BCUT2D eigenvalue weighted by atomic mass is 9.87.